The molecule has 1 aliphatic heterocycles. The Bertz CT molecular complexity index is 316. The van der Waals surface area contributed by atoms with Gasteiger partial charge in [-0.1, -0.05) is 6.08 Å². The van der Waals surface area contributed by atoms with Gasteiger partial charge < -0.3 is 5.11 Å². The summed E-state index contributed by atoms with van der Waals surface area (Å²) >= 11 is 0. The lowest BCUT2D eigenvalue weighted by Crippen LogP contribution is -2.41. The SMILES string of the molecule is C=CCCS(=O)(=O)N1CCC(C(C)O)CC1. The molecule has 1 heterocycles. The molecular formula is C11H21NO3S. The monoisotopic (exact) mass is 247 g/mol. The van der Waals surface area contributed by atoms with Gasteiger partial charge in [-0.25, -0.2) is 12.7 Å². The number of rotatable bonds is 5. The maximum Gasteiger partial charge on any atom is 0.214 e. The molecule has 0 radical (unpaired) electrons. The highest BCUT2D eigenvalue weighted by atomic mass is 32.2. The van der Waals surface area contributed by atoms with Gasteiger partial charge in [0.1, 0.15) is 0 Å². The van der Waals surface area contributed by atoms with Crippen LogP contribution in [0.2, 0.25) is 0 Å². The Morgan fingerprint density at radius 2 is 2.06 bits per heavy atom. The molecule has 1 rings (SSSR count). The molecule has 0 aromatic rings. The molecule has 0 spiro atoms. The first-order valence-electron chi connectivity index (χ1n) is 5.74. The summed E-state index contributed by atoms with van der Waals surface area (Å²) in [6.45, 7) is 6.37. The number of aliphatic hydroxyl groups excluding tert-OH is 1. The Hall–Kier alpha value is -0.390. The van der Waals surface area contributed by atoms with Crippen LogP contribution in [0.5, 0.6) is 0 Å². The molecule has 1 saturated heterocycles. The Morgan fingerprint density at radius 1 is 1.50 bits per heavy atom. The van der Waals surface area contributed by atoms with Crippen molar-refractivity contribution in [3.63, 3.8) is 0 Å². The second-order valence-corrected chi connectivity index (χ2v) is 6.46. The zero-order chi connectivity index (χ0) is 12.2. The van der Waals surface area contributed by atoms with E-state index in [9.17, 15) is 13.5 Å². The van der Waals surface area contributed by atoms with Crippen LogP contribution in [0.3, 0.4) is 0 Å². The highest BCUT2D eigenvalue weighted by molar-refractivity contribution is 7.89. The molecule has 0 bridgehead atoms. The van der Waals surface area contributed by atoms with Crippen LogP contribution in [-0.2, 0) is 10.0 Å². The van der Waals surface area contributed by atoms with E-state index in [0.717, 1.165) is 12.8 Å². The topological polar surface area (TPSA) is 57.6 Å². The molecule has 16 heavy (non-hydrogen) atoms. The van der Waals surface area contributed by atoms with Gasteiger partial charge in [0.05, 0.1) is 11.9 Å². The third kappa shape index (κ3) is 3.57. The van der Waals surface area contributed by atoms with Crippen LogP contribution in [0, 0.1) is 5.92 Å². The molecule has 1 aliphatic rings. The number of nitrogens with zero attached hydrogens (tertiary/aromatic N) is 1. The summed E-state index contributed by atoms with van der Waals surface area (Å²) < 4.78 is 25.2. The van der Waals surface area contributed by atoms with Gasteiger partial charge in [-0.05, 0) is 32.1 Å². The molecule has 0 aromatic heterocycles. The molecule has 0 aliphatic carbocycles. The number of sulfonamides is 1. The highest BCUT2D eigenvalue weighted by Gasteiger charge is 2.28. The van der Waals surface area contributed by atoms with Crippen molar-refractivity contribution in [2.24, 2.45) is 5.92 Å². The number of piperidine rings is 1. The zero-order valence-electron chi connectivity index (χ0n) is 9.80. The van der Waals surface area contributed by atoms with E-state index in [2.05, 4.69) is 6.58 Å². The van der Waals surface area contributed by atoms with Gasteiger partial charge in [-0.15, -0.1) is 6.58 Å². The second kappa shape index (κ2) is 5.80. The number of hydrogen-bond acceptors (Lipinski definition) is 3. The molecule has 1 atom stereocenters. The molecule has 0 aromatic carbocycles. The summed E-state index contributed by atoms with van der Waals surface area (Å²) in [7, 11) is -3.11. The molecule has 94 valence electrons. The molecule has 1 N–H and O–H groups in total. The number of aliphatic hydroxyl groups is 1. The van der Waals surface area contributed by atoms with Gasteiger partial charge in [0.2, 0.25) is 10.0 Å². The largest absolute Gasteiger partial charge is 0.393 e. The lowest BCUT2D eigenvalue weighted by atomic mass is 9.93. The highest BCUT2D eigenvalue weighted by Crippen LogP contribution is 2.22. The van der Waals surface area contributed by atoms with Crippen molar-refractivity contribution in [1.82, 2.24) is 4.31 Å². The van der Waals surface area contributed by atoms with Crippen LogP contribution in [0.4, 0.5) is 0 Å². The first kappa shape index (κ1) is 13.7. The van der Waals surface area contributed by atoms with Gasteiger partial charge in [-0.2, -0.15) is 0 Å². The summed E-state index contributed by atoms with van der Waals surface area (Å²) in [5, 5.41) is 9.43. The van der Waals surface area contributed by atoms with Crippen LogP contribution >= 0.6 is 0 Å². The van der Waals surface area contributed by atoms with Crippen molar-refractivity contribution in [2.45, 2.75) is 32.3 Å². The van der Waals surface area contributed by atoms with Gasteiger partial charge in [0.15, 0.2) is 0 Å². The molecule has 1 fully saturated rings. The summed E-state index contributed by atoms with van der Waals surface area (Å²) in [4.78, 5) is 0. The summed E-state index contributed by atoms with van der Waals surface area (Å²) in [5.41, 5.74) is 0. The zero-order valence-corrected chi connectivity index (χ0v) is 10.6. The average Bonchev–Trinajstić information content (AvgIpc) is 2.26. The number of allylic oxidation sites excluding steroid dienone is 1. The maximum absolute atomic E-state index is 11.8. The molecule has 4 nitrogen and oxygen atoms in total. The van der Waals surface area contributed by atoms with E-state index in [1.807, 2.05) is 0 Å². The van der Waals surface area contributed by atoms with Crippen molar-refractivity contribution < 1.29 is 13.5 Å². The molecule has 0 amide bonds. The summed E-state index contributed by atoms with van der Waals surface area (Å²) in [6.07, 6.45) is 3.30. The van der Waals surface area contributed by atoms with E-state index in [-0.39, 0.29) is 17.8 Å². The third-order valence-corrected chi connectivity index (χ3v) is 5.06. The maximum atomic E-state index is 11.8. The summed E-state index contributed by atoms with van der Waals surface area (Å²) in [6, 6.07) is 0. The fourth-order valence-electron chi connectivity index (χ4n) is 2.00. The Morgan fingerprint density at radius 3 is 2.50 bits per heavy atom. The quantitative estimate of drug-likeness (QED) is 0.737. The van der Waals surface area contributed by atoms with E-state index in [0.29, 0.717) is 19.5 Å². The van der Waals surface area contributed by atoms with Crippen molar-refractivity contribution in [2.75, 3.05) is 18.8 Å². The smallest absolute Gasteiger partial charge is 0.214 e. The fourth-order valence-corrected chi connectivity index (χ4v) is 3.49. The van der Waals surface area contributed by atoms with Gasteiger partial charge >= 0.3 is 0 Å². The first-order chi connectivity index (χ1) is 7.47. The van der Waals surface area contributed by atoms with E-state index in [4.69, 9.17) is 0 Å². The van der Waals surface area contributed by atoms with Crippen molar-refractivity contribution in [1.29, 1.82) is 0 Å². The van der Waals surface area contributed by atoms with E-state index in [1.165, 1.54) is 4.31 Å². The Labute approximate surface area is 98.0 Å². The molecular weight excluding hydrogens is 226 g/mol. The van der Waals surface area contributed by atoms with Gasteiger partial charge in [0.25, 0.3) is 0 Å². The summed E-state index contributed by atoms with van der Waals surface area (Å²) in [5.74, 6) is 0.390. The predicted molar refractivity (Wildman–Crippen MR) is 64.6 cm³/mol. The van der Waals surface area contributed by atoms with Crippen molar-refractivity contribution in [3.05, 3.63) is 12.7 Å². The number of hydrogen-bond donors (Lipinski definition) is 1. The minimum atomic E-state index is -3.11. The van der Waals surface area contributed by atoms with E-state index in [1.54, 1.807) is 13.0 Å². The molecule has 1 unspecified atom stereocenters. The predicted octanol–water partition coefficient (Wildman–Crippen LogP) is 0.985. The van der Waals surface area contributed by atoms with Gasteiger partial charge in [0, 0.05) is 13.1 Å². The average molecular weight is 247 g/mol. The van der Waals surface area contributed by atoms with Gasteiger partial charge in [-0.3, -0.25) is 0 Å². The van der Waals surface area contributed by atoms with Crippen LogP contribution in [0.1, 0.15) is 26.2 Å². The Kier molecular flexibility index (Phi) is 4.95. The van der Waals surface area contributed by atoms with Crippen molar-refractivity contribution in [3.8, 4) is 0 Å². The van der Waals surface area contributed by atoms with Crippen molar-refractivity contribution >= 4 is 10.0 Å². The normalized spacial score (nSPS) is 21.9. The van der Waals surface area contributed by atoms with E-state index >= 15 is 0 Å². The lowest BCUT2D eigenvalue weighted by Gasteiger charge is -2.32. The fraction of sp³-hybridized carbons (Fsp3) is 0.818. The van der Waals surface area contributed by atoms with E-state index < -0.39 is 10.0 Å². The molecule has 0 saturated carbocycles. The van der Waals surface area contributed by atoms with Crippen LogP contribution in [-0.4, -0.2) is 42.8 Å². The van der Waals surface area contributed by atoms with Crippen LogP contribution in [0.15, 0.2) is 12.7 Å². The minimum absolute atomic E-state index is 0.149. The van der Waals surface area contributed by atoms with Crippen LogP contribution < -0.4 is 0 Å². The standard InChI is InChI=1S/C11H21NO3S/c1-3-4-9-16(14,15)12-7-5-11(6-8-12)10(2)13/h3,10-11,13H,1,4-9H2,2H3. The Balaban J connectivity index is 2.49. The van der Waals surface area contributed by atoms with Crippen LogP contribution in [0.25, 0.3) is 0 Å². The molecule has 5 heteroatoms. The first-order valence-corrected chi connectivity index (χ1v) is 7.35. The second-order valence-electron chi connectivity index (χ2n) is 4.37. The minimum Gasteiger partial charge on any atom is -0.393 e. The lowest BCUT2D eigenvalue weighted by molar-refractivity contribution is 0.0912. The third-order valence-electron chi connectivity index (χ3n) is 3.15.